The van der Waals surface area contributed by atoms with Crippen molar-refractivity contribution in [1.29, 1.82) is 0 Å². The molecule has 2 heteroatoms. The van der Waals surface area contributed by atoms with Crippen molar-refractivity contribution >= 4 is 5.69 Å². The van der Waals surface area contributed by atoms with E-state index >= 15 is 0 Å². The second-order valence-corrected chi connectivity index (χ2v) is 4.62. The summed E-state index contributed by atoms with van der Waals surface area (Å²) in [6, 6.07) is 8.16. The summed E-state index contributed by atoms with van der Waals surface area (Å²) in [6.45, 7) is 6.69. The third kappa shape index (κ3) is 4.23. The van der Waals surface area contributed by atoms with E-state index in [-0.39, 0.29) is 0 Å². The Bertz CT molecular complexity index is 305. The fraction of sp³-hybridized carbons (Fsp3) is 0.571. The van der Waals surface area contributed by atoms with Gasteiger partial charge in [-0.2, -0.15) is 0 Å². The zero-order valence-electron chi connectivity index (χ0n) is 10.7. The highest BCUT2D eigenvalue weighted by Gasteiger charge is 2.07. The molecular formula is C14H24N2. The van der Waals surface area contributed by atoms with E-state index < -0.39 is 0 Å². The maximum atomic E-state index is 5.77. The molecule has 2 N–H and O–H groups in total. The van der Waals surface area contributed by atoms with Crippen LogP contribution in [-0.2, 0) is 6.54 Å². The largest absolute Gasteiger partial charge is 0.399 e. The van der Waals surface area contributed by atoms with Crippen LogP contribution in [-0.4, -0.2) is 18.5 Å². The third-order valence-electron chi connectivity index (χ3n) is 3.13. The monoisotopic (exact) mass is 220 g/mol. The molecule has 2 nitrogen and oxygen atoms in total. The Morgan fingerprint density at radius 1 is 1.25 bits per heavy atom. The maximum Gasteiger partial charge on any atom is 0.0317 e. The Morgan fingerprint density at radius 2 is 1.94 bits per heavy atom. The van der Waals surface area contributed by atoms with Gasteiger partial charge in [0, 0.05) is 18.8 Å². The zero-order valence-corrected chi connectivity index (χ0v) is 10.7. The van der Waals surface area contributed by atoms with Crippen LogP contribution in [0.3, 0.4) is 0 Å². The number of nitrogens with zero attached hydrogens (tertiary/aromatic N) is 1. The highest BCUT2D eigenvalue weighted by Crippen LogP contribution is 2.13. The molecule has 1 rings (SSSR count). The van der Waals surface area contributed by atoms with Crippen molar-refractivity contribution in [1.82, 2.24) is 4.90 Å². The molecule has 0 amide bonds. The van der Waals surface area contributed by atoms with E-state index in [1.165, 1.54) is 24.9 Å². The van der Waals surface area contributed by atoms with E-state index in [9.17, 15) is 0 Å². The van der Waals surface area contributed by atoms with Crippen LogP contribution in [0.4, 0.5) is 5.69 Å². The lowest BCUT2D eigenvalue weighted by atomic mass is 10.0. The molecule has 0 aliphatic carbocycles. The summed E-state index contributed by atoms with van der Waals surface area (Å²) >= 11 is 0. The molecule has 0 radical (unpaired) electrons. The molecule has 1 aromatic carbocycles. The first kappa shape index (κ1) is 13.0. The van der Waals surface area contributed by atoms with Crippen LogP contribution in [0.25, 0.3) is 0 Å². The molecule has 0 saturated heterocycles. The van der Waals surface area contributed by atoms with Gasteiger partial charge in [-0.25, -0.2) is 0 Å². The zero-order chi connectivity index (χ0) is 12.0. The SMILES string of the molecule is CCC(CC)CN(C)Cc1cccc(N)c1. The Hall–Kier alpha value is -1.02. The van der Waals surface area contributed by atoms with Crippen molar-refractivity contribution in [2.75, 3.05) is 19.3 Å². The normalized spacial score (nSPS) is 11.3. The molecule has 90 valence electrons. The molecule has 0 unspecified atom stereocenters. The summed E-state index contributed by atoms with van der Waals surface area (Å²) in [5.74, 6) is 0.811. The number of rotatable bonds is 6. The smallest absolute Gasteiger partial charge is 0.0317 e. The summed E-state index contributed by atoms with van der Waals surface area (Å²) in [6.07, 6.45) is 2.52. The van der Waals surface area contributed by atoms with Gasteiger partial charge in [0.15, 0.2) is 0 Å². The van der Waals surface area contributed by atoms with Gasteiger partial charge in [0.05, 0.1) is 0 Å². The lowest BCUT2D eigenvalue weighted by Crippen LogP contribution is -2.24. The van der Waals surface area contributed by atoms with Crippen molar-refractivity contribution in [2.45, 2.75) is 33.2 Å². The van der Waals surface area contributed by atoms with Crippen LogP contribution < -0.4 is 5.73 Å². The lowest BCUT2D eigenvalue weighted by Gasteiger charge is -2.22. The Morgan fingerprint density at radius 3 is 2.50 bits per heavy atom. The van der Waals surface area contributed by atoms with E-state index in [1.807, 2.05) is 12.1 Å². The van der Waals surface area contributed by atoms with E-state index in [1.54, 1.807) is 0 Å². The van der Waals surface area contributed by atoms with Crippen LogP contribution in [0.2, 0.25) is 0 Å². The first-order chi connectivity index (χ1) is 7.65. The predicted octanol–water partition coefficient (Wildman–Crippen LogP) is 3.14. The molecule has 16 heavy (non-hydrogen) atoms. The van der Waals surface area contributed by atoms with E-state index in [0.29, 0.717) is 0 Å². The van der Waals surface area contributed by atoms with Crippen LogP contribution >= 0.6 is 0 Å². The Labute approximate surface area is 99.5 Å². The minimum Gasteiger partial charge on any atom is -0.399 e. The number of anilines is 1. The standard InChI is InChI=1S/C14H24N2/c1-4-12(5-2)10-16(3)11-13-7-6-8-14(15)9-13/h6-9,12H,4-5,10-11,15H2,1-3H3. The molecule has 0 atom stereocenters. The first-order valence-corrected chi connectivity index (χ1v) is 6.18. The third-order valence-corrected chi connectivity index (χ3v) is 3.13. The summed E-state index contributed by atoms with van der Waals surface area (Å²) in [5, 5.41) is 0. The van der Waals surface area contributed by atoms with E-state index in [0.717, 1.165) is 18.2 Å². The first-order valence-electron chi connectivity index (χ1n) is 6.18. The molecule has 0 aliphatic heterocycles. The number of benzene rings is 1. The number of hydrogen-bond donors (Lipinski definition) is 1. The van der Waals surface area contributed by atoms with Crippen LogP contribution in [0.5, 0.6) is 0 Å². The molecule has 0 aromatic heterocycles. The fourth-order valence-electron chi connectivity index (χ4n) is 2.06. The number of nitrogen functional groups attached to an aromatic ring is 1. The Balaban J connectivity index is 2.47. The van der Waals surface area contributed by atoms with E-state index in [4.69, 9.17) is 5.73 Å². The second-order valence-electron chi connectivity index (χ2n) is 4.62. The van der Waals surface area contributed by atoms with Gasteiger partial charge in [-0.1, -0.05) is 38.8 Å². The molecule has 0 fully saturated rings. The fourth-order valence-corrected chi connectivity index (χ4v) is 2.06. The lowest BCUT2D eigenvalue weighted by molar-refractivity contribution is 0.260. The average molecular weight is 220 g/mol. The van der Waals surface area contributed by atoms with E-state index in [2.05, 4.69) is 37.9 Å². The number of nitrogens with two attached hydrogens (primary N) is 1. The summed E-state index contributed by atoms with van der Waals surface area (Å²) < 4.78 is 0. The highest BCUT2D eigenvalue weighted by atomic mass is 15.1. The highest BCUT2D eigenvalue weighted by molar-refractivity contribution is 5.40. The van der Waals surface area contributed by atoms with Gasteiger partial charge in [0.1, 0.15) is 0 Å². The molecule has 0 bridgehead atoms. The van der Waals surface area contributed by atoms with Gasteiger partial charge >= 0.3 is 0 Å². The molecular weight excluding hydrogens is 196 g/mol. The maximum absolute atomic E-state index is 5.77. The average Bonchev–Trinajstić information content (AvgIpc) is 2.26. The summed E-state index contributed by atoms with van der Waals surface area (Å²) in [5.41, 5.74) is 7.92. The van der Waals surface area contributed by atoms with Crippen molar-refractivity contribution in [3.8, 4) is 0 Å². The van der Waals surface area contributed by atoms with Gasteiger partial charge in [0.2, 0.25) is 0 Å². The quantitative estimate of drug-likeness (QED) is 0.746. The molecule has 0 heterocycles. The van der Waals surface area contributed by atoms with Gasteiger partial charge in [-0.05, 0) is 30.7 Å². The van der Waals surface area contributed by atoms with Crippen LogP contribution in [0.1, 0.15) is 32.3 Å². The van der Waals surface area contributed by atoms with Crippen molar-refractivity contribution < 1.29 is 0 Å². The topological polar surface area (TPSA) is 29.3 Å². The summed E-state index contributed by atoms with van der Waals surface area (Å²) in [7, 11) is 2.18. The van der Waals surface area contributed by atoms with Gasteiger partial charge in [0.25, 0.3) is 0 Å². The van der Waals surface area contributed by atoms with Crippen LogP contribution in [0.15, 0.2) is 24.3 Å². The van der Waals surface area contributed by atoms with Gasteiger partial charge in [-0.3, -0.25) is 0 Å². The molecule has 0 spiro atoms. The van der Waals surface area contributed by atoms with Crippen molar-refractivity contribution in [2.24, 2.45) is 5.92 Å². The minimum absolute atomic E-state index is 0.811. The van der Waals surface area contributed by atoms with Crippen molar-refractivity contribution in [3.63, 3.8) is 0 Å². The van der Waals surface area contributed by atoms with Gasteiger partial charge < -0.3 is 10.6 Å². The minimum atomic E-state index is 0.811. The molecule has 0 aliphatic rings. The summed E-state index contributed by atoms with van der Waals surface area (Å²) in [4.78, 5) is 2.38. The Kier molecular flexibility index (Phi) is 5.33. The second kappa shape index (κ2) is 6.54. The molecule has 0 saturated carbocycles. The predicted molar refractivity (Wildman–Crippen MR) is 71.3 cm³/mol. The molecule has 1 aromatic rings. The van der Waals surface area contributed by atoms with Crippen molar-refractivity contribution in [3.05, 3.63) is 29.8 Å². The van der Waals surface area contributed by atoms with Gasteiger partial charge in [-0.15, -0.1) is 0 Å². The number of hydrogen-bond acceptors (Lipinski definition) is 2. The van der Waals surface area contributed by atoms with Crippen LogP contribution in [0, 0.1) is 5.92 Å².